The van der Waals surface area contributed by atoms with Crippen LogP contribution >= 0.6 is 12.2 Å². The molecule has 22 heavy (non-hydrogen) atoms. The molecule has 3 N–H and O–H groups in total. The average Bonchev–Trinajstić information content (AvgIpc) is 2.51. The average molecular weight is 325 g/mol. The zero-order valence-corrected chi connectivity index (χ0v) is 13.3. The quantitative estimate of drug-likeness (QED) is 0.284. The first kappa shape index (κ1) is 17.9. The molecule has 0 aliphatic rings. The number of nitrogens with zero attached hydrogens (tertiary/aromatic N) is 1. The van der Waals surface area contributed by atoms with E-state index in [4.69, 9.17) is 26.8 Å². The Morgan fingerprint density at radius 3 is 2.91 bits per heavy atom. The van der Waals surface area contributed by atoms with Gasteiger partial charge in [-0.1, -0.05) is 12.1 Å². The number of carboxylic acid groups (broad SMARTS) is 1. The van der Waals surface area contributed by atoms with Crippen molar-refractivity contribution in [1.82, 2.24) is 10.7 Å². The van der Waals surface area contributed by atoms with Crippen molar-refractivity contribution in [2.24, 2.45) is 5.10 Å². The molecule has 0 aliphatic carbocycles. The van der Waals surface area contributed by atoms with Gasteiger partial charge in [-0.25, -0.2) is 4.79 Å². The molecule has 0 heterocycles. The largest absolute Gasteiger partial charge is 0.482 e. The van der Waals surface area contributed by atoms with E-state index in [1.807, 2.05) is 6.07 Å². The van der Waals surface area contributed by atoms with E-state index in [0.717, 1.165) is 5.56 Å². The van der Waals surface area contributed by atoms with E-state index >= 15 is 0 Å². The van der Waals surface area contributed by atoms with E-state index < -0.39 is 5.97 Å². The summed E-state index contributed by atoms with van der Waals surface area (Å²) in [7, 11) is 1.61. The number of hydrogen-bond acceptors (Lipinski definition) is 5. The number of hydrogen-bond donors (Lipinski definition) is 3. The summed E-state index contributed by atoms with van der Waals surface area (Å²) in [6.07, 6.45) is 0. The van der Waals surface area contributed by atoms with Crippen LogP contribution in [0.3, 0.4) is 0 Å². The topological polar surface area (TPSA) is 92.2 Å². The molecular formula is C14H19N3O4S. The van der Waals surface area contributed by atoms with Crippen LogP contribution in [0.2, 0.25) is 0 Å². The van der Waals surface area contributed by atoms with Crippen molar-refractivity contribution in [2.45, 2.75) is 6.92 Å². The van der Waals surface area contributed by atoms with Crippen LogP contribution in [0.4, 0.5) is 0 Å². The van der Waals surface area contributed by atoms with Crippen molar-refractivity contribution < 1.29 is 19.4 Å². The first-order chi connectivity index (χ1) is 10.5. The summed E-state index contributed by atoms with van der Waals surface area (Å²) in [4.78, 5) is 10.5. The van der Waals surface area contributed by atoms with Gasteiger partial charge in [-0.3, -0.25) is 5.43 Å². The Morgan fingerprint density at radius 1 is 1.45 bits per heavy atom. The second-order valence-corrected chi connectivity index (χ2v) is 4.68. The van der Waals surface area contributed by atoms with Crippen LogP contribution < -0.4 is 15.5 Å². The Balaban J connectivity index is 2.58. The van der Waals surface area contributed by atoms with E-state index in [9.17, 15) is 4.79 Å². The van der Waals surface area contributed by atoms with Crippen molar-refractivity contribution in [2.75, 3.05) is 26.9 Å². The number of hydrazone groups is 1. The molecule has 0 saturated heterocycles. The highest BCUT2D eigenvalue weighted by Gasteiger charge is 2.03. The van der Waals surface area contributed by atoms with Crippen molar-refractivity contribution in [3.05, 3.63) is 29.8 Å². The lowest BCUT2D eigenvalue weighted by Gasteiger charge is -2.08. The molecule has 0 aromatic heterocycles. The van der Waals surface area contributed by atoms with Gasteiger partial charge in [0.2, 0.25) is 0 Å². The summed E-state index contributed by atoms with van der Waals surface area (Å²) in [6, 6.07) is 7.01. The van der Waals surface area contributed by atoms with Gasteiger partial charge < -0.3 is 19.9 Å². The SMILES string of the molecule is COCCNC(=S)N/N=C(/C)c1cccc(OCC(=O)O)c1. The van der Waals surface area contributed by atoms with Gasteiger partial charge in [0.25, 0.3) is 0 Å². The number of methoxy groups -OCH3 is 1. The maximum Gasteiger partial charge on any atom is 0.341 e. The number of aliphatic carboxylic acids is 1. The monoisotopic (exact) mass is 325 g/mol. The predicted molar refractivity (Wildman–Crippen MR) is 87.4 cm³/mol. The molecule has 0 fully saturated rings. The molecule has 1 aromatic carbocycles. The van der Waals surface area contributed by atoms with Crippen LogP contribution in [0.1, 0.15) is 12.5 Å². The molecule has 0 amide bonds. The lowest BCUT2D eigenvalue weighted by atomic mass is 10.1. The highest BCUT2D eigenvalue weighted by Crippen LogP contribution is 2.13. The summed E-state index contributed by atoms with van der Waals surface area (Å²) >= 11 is 5.06. The van der Waals surface area contributed by atoms with Crippen molar-refractivity contribution in [3.63, 3.8) is 0 Å². The number of ether oxygens (including phenoxy) is 2. The summed E-state index contributed by atoms with van der Waals surface area (Å²) < 4.78 is 10.0. The fourth-order valence-electron chi connectivity index (χ4n) is 1.46. The van der Waals surface area contributed by atoms with Crippen molar-refractivity contribution in [1.29, 1.82) is 0 Å². The second kappa shape index (κ2) is 9.69. The summed E-state index contributed by atoms with van der Waals surface area (Å²) in [5, 5.41) is 16.1. The maximum atomic E-state index is 10.5. The first-order valence-electron chi connectivity index (χ1n) is 6.55. The second-order valence-electron chi connectivity index (χ2n) is 4.27. The third-order valence-corrected chi connectivity index (χ3v) is 2.77. The molecule has 1 rings (SSSR count). The van der Waals surface area contributed by atoms with Crippen LogP contribution in [0.15, 0.2) is 29.4 Å². The number of thiocarbonyl (C=S) groups is 1. The molecule has 8 heteroatoms. The van der Waals surface area contributed by atoms with Crippen molar-refractivity contribution >= 4 is 29.0 Å². The van der Waals surface area contributed by atoms with E-state index in [-0.39, 0.29) is 6.61 Å². The van der Waals surface area contributed by atoms with Gasteiger partial charge >= 0.3 is 5.97 Å². The minimum absolute atomic E-state index is 0.384. The molecule has 0 bridgehead atoms. The molecule has 7 nitrogen and oxygen atoms in total. The smallest absolute Gasteiger partial charge is 0.341 e. The number of nitrogens with one attached hydrogen (secondary N) is 2. The van der Waals surface area contributed by atoms with Crippen LogP contribution in [0.25, 0.3) is 0 Å². The minimum Gasteiger partial charge on any atom is -0.482 e. The Morgan fingerprint density at radius 2 is 2.23 bits per heavy atom. The van der Waals surface area contributed by atoms with E-state index in [2.05, 4.69) is 15.8 Å². The van der Waals surface area contributed by atoms with Gasteiger partial charge in [-0.15, -0.1) is 0 Å². The van der Waals surface area contributed by atoms with Crippen LogP contribution in [0, 0.1) is 0 Å². The zero-order valence-electron chi connectivity index (χ0n) is 12.5. The predicted octanol–water partition coefficient (Wildman–Crippen LogP) is 0.984. The normalized spacial score (nSPS) is 10.9. The Kier molecular flexibility index (Phi) is 7.87. The molecule has 120 valence electrons. The number of carbonyl (C=O) groups is 1. The van der Waals surface area contributed by atoms with Gasteiger partial charge in [0.15, 0.2) is 11.7 Å². The van der Waals surface area contributed by atoms with Gasteiger partial charge in [-0.05, 0) is 31.3 Å². The summed E-state index contributed by atoms with van der Waals surface area (Å²) in [5.41, 5.74) is 4.22. The van der Waals surface area contributed by atoms with Gasteiger partial charge in [0, 0.05) is 19.2 Å². The van der Waals surface area contributed by atoms with Crippen LogP contribution in [-0.4, -0.2) is 48.8 Å². The van der Waals surface area contributed by atoms with E-state index in [1.54, 1.807) is 32.2 Å². The Hall–Kier alpha value is -2.19. The fourth-order valence-corrected chi connectivity index (χ4v) is 1.61. The lowest BCUT2D eigenvalue weighted by molar-refractivity contribution is -0.139. The Bertz CT molecular complexity index is 549. The third kappa shape index (κ3) is 7.00. The zero-order chi connectivity index (χ0) is 16.4. The van der Waals surface area contributed by atoms with Gasteiger partial charge in [0.05, 0.1) is 12.3 Å². The molecule has 0 atom stereocenters. The minimum atomic E-state index is -1.02. The standard InChI is InChI=1S/C14H19N3O4S/c1-10(16-17-14(22)15-6-7-20-2)11-4-3-5-12(8-11)21-9-13(18)19/h3-5,8H,6-7,9H2,1-2H3,(H,18,19)(H2,15,17,22)/b16-10-. The molecule has 0 saturated carbocycles. The van der Waals surface area contributed by atoms with Gasteiger partial charge in [-0.2, -0.15) is 5.10 Å². The molecule has 0 unspecified atom stereocenters. The third-order valence-electron chi connectivity index (χ3n) is 2.53. The summed E-state index contributed by atoms with van der Waals surface area (Å²) in [6.45, 7) is 2.56. The van der Waals surface area contributed by atoms with Crippen LogP contribution in [-0.2, 0) is 9.53 Å². The van der Waals surface area contributed by atoms with Crippen LogP contribution in [0.5, 0.6) is 5.75 Å². The van der Waals surface area contributed by atoms with E-state index in [0.29, 0.717) is 29.7 Å². The molecule has 0 spiro atoms. The maximum absolute atomic E-state index is 10.5. The lowest BCUT2D eigenvalue weighted by Crippen LogP contribution is -2.34. The molecule has 0 radical (unpaired) electrons. The molecule has 0 aliphatic heterocycles. The highest BCUT2D eigenvalue weighted by molar-refractivity contribution is 7.80. The Labute approximate surface area is 134 Å². The summed E-state index contributed by atoms with van der Waals surface area (Å²) in [5.74, 6) is -0.555. The number of rotatable bonds is 8. The number of benzene rings is 1. The fraction of sp³-hybridized carbons (Fsp3) is 0.357. The van der Waals surface area contributed by atoms with Gasteiger partial charge in [0.1, 0.15) is 5.75 Å². The first-order valence-corrected chi connectivity index (χ1v) is 6.96. The molecule has 1 aromatic rings. The number of carboxylic acids is 1. The van der Waals surface area contributed by atoms with Crippen molar-refractivity contribution in [3.8, 4) is 5.75 Å². The highest BCUT2D eigenvalue weighted by atomic mass is 32.1. The molecular weight excluding hydrogens is 306 g/mol. The van der Waals surface area contributed by atoms with E-state index in [1.165, 1.54) is 0 Å².